The van der Waals surface area contributed by atoms with Gasteiger partial charge in [-0.1, -0.05) is 0 Å². The maximum atomic E-state index is 12.9. The quantitative estimate of drug-likeness (QED) is 0.676. The van der Waals surface area contributed by atoms with E-state index in [2.05, 4.69) is 10.1 Å². The summed E-state index contributed by atoms with van der Waals surface area (Å²) in [6, 6.07) is 7.59. The zero-order valence-electron chi connectivity index (χ0n) is 9.78. The molecule has 1 atom stereocenters. The van der Waals surface area contributed by atoms with Gasteiger partial charge in [-0.15, -0.1) is 11.8 Å². The second-order valence-electron chi connectivity index (χ2n) is 4.05. The molecule has 0 amide bonds. The third-order valence-corrected chi connectivity index (χ3v) is 3.42. The normalized spacial score (nSPS) is 21.7. The molecule has 98 valence electrons. The number of nitrogens with one attached hydrogen (secondary N) is 1. The number of ether oxygens (including phenoxy) is 1. The Labute approximate surface area is 108 Å². The number of cyclic esters (lactones) is 1. The fourth-order valence-electron chi connectivity index (χ4n) is 1.70. The first-order chi connectivity index (χ1) is 8.51. The van der Waals surface area contributed by atoms with Gasteiger partial charge in [0.05, 0.1) is 13.0 Å². The summed E-state index contributed by atoms with van der Waals surface area (Å²) in [5.74, 6) is -4.76. The molecule has 0 bridgehead atoms. The summed E-state index contributed by atoms with van der Waals surface area (Å²) in [5, 5.41) is 2.98. The van der Waals surface area contributed by atoms with E-state index in [4.69, 9.17) is 0 Å². The molecule has 1 aliphatic rings. The number of halogens is 2. The molecule has 1 saturated heterocycles. The number of rotatable bonds is 4. The van der Waals surface area contributed by atoms with Gasteiger partial charge in [0.2, 0.25) is 0 Å². The molecule has 1 aromatic carbocycles. The molecular weight excluding hydrogens is 260 g/mol. The first-order valence-electron chi connectivity index (χ1n) is 5.48. The van der Waals surface area contributed by atoms with Gasteiger partial charge in [0, 0.05) is 10.6 Å². The van der Waals surface area contributed by atoms with Crippen molar-refractivity contribution in [2.24, 2.45) is 0 Å². The highest BCUT2D eigenvalue weighted by Crippen LogP contribution is 2.31. The molecule has 3 nitrogen and oxygen atoms in total. The molecule has 2 rings (SSSR count). The third kappa shape index (κ3) is 2.93. The van der Waals surface area contributed by atoms with E-state index in [1.54, 1.807) is 11.8 Å². The molecule has 1 fully saturated rings. The molecule has 1 aliphatic heterocycles. The van der Waals surface area contributed by atoms with Crippen molar-refractivity contribution in [3.05, 3.63) is 24.3 Å². The molecule has 1 unspecified atom stereocenters. The van der Waals surface area contributed by atoms with E-state index in [1.165, 1.54) is 0 Å². The zero-order valence-corrected chi connectivity index (χ0v) is 10.6. The number of hydrogen-bond donors (Lipinski definition) is 1. The standard InChI is InChI=1S/C12H13F2NO2S/c1-18-10-4-2-8(3-5-10)15-7-9-6-12(13,14)11(16)17-9/h2-5,9,15H,6-7H2,1H3. The monoisotopic (exact) mass is 273 g/mol. The Kier molecular flexibility index (Phi) is 3.75. The Morgan fingerprint density at radius 3 is 2.61 bits per heavy atom. The van der Waals surface area contributed by atoms with Gasteiger partial charge in [0.1, 0.15) is 6.10 Å². The summed E-state index contributed by atoms with van der Waals surface area (Å²) in [6.07, 6.45) is 0.650. The predicted octanol–water partition coefficient (Wildman–Crippen LogP) is 2.77. The molecule has 6 heteroatoms. The van der Waals surface area contributed by atoms with E-state index in [-0.39, 0.29) is 6.54 Å². The second kappa shape index (κ2) is 5.14. The summed E-state index contributed by atoms with van der Waals surface area (Å²) in [4.78, 5) is 11.9. The summed E-state index contributed by atoms with van der Waals surface area (Å²) in [6.45, 7) is 0.194. The molecule has 0 spiro atoms. The molecule has 1 N–H and O–H groups in total. The zero-order chi connectivity index (χ0) is 13.2. The molecule has 1 aromatic rings. The van der Waals surface area contributed by atoms with Crippen LogP contribution in [0.4, 0.5) is 14.5 Å². The lowest BCUT2D eigenvalue weighted by molar-refractivity contribution is -0.158. The number of thioether (sulfide) groups is 1. The Bertz CT molecular complexity index is 436. The van der Waals surface area contributed by atoms with Gasteiger partial charge in [0.25, 0.3) is 0 Å². The highest BCUT2D eigenvalue weighted by molar-refractivity contribution is 7.98. The minimum absolute atomic E-state index is 0.194. The van der Waals surface area contributed by atoms with Crippen molar-refractivity contribution in [3.8, 4) is 0 Å². The van der Waals surface area contributed by atoms with E-state index in [9.17, 15) is 13.6 Å². The number of alkyl halides is 2. The lowest BCUT2D eigenvalue weighted by Gasteiger charge is -2.11. The molecule has 18 heavy (non-hydrogen) atoms. The van der Waals surface area contributed by atoms with Crippen LogP contribution in [-0.2, 0) is 9.53 Å². The van der Waals surface area contributed by atoms with E-state index in [0.29, 0.717) is 0 Å². The van der Waals surface area contributed by atoms with E-state index < -0.39 is 24.4 Å². The van der Waals surface area contributed by atoms with Gasteiger partial charge in [-0.05, 0) is 30.5 Å². The van der Waals surface area contributed by atoms with Crippen LogP contribution in [0.3, 0.4) is 0 Å². The maximum Gasteiger partial charge on any atom is 0.377 e. The van der Waals surface area contributed by atoms with Crippen molar-refractivity contribution in [2.75, 3.05) is 18.1 Å². The van der Waals surface area contributed by atoms with Gasteiger partial charge < -0.3 is 10.1 Å². The van der Waals surface area contributed by atoms with Gasteiger partial charge in [-0.3, -0.25) is 0 Å². The van der Waals surface area contributed by atoms with Crippen molar-refractivity contribution >= 4 is 23.4 Å². The average Bonchev–Trinajstić information content (AvgIpc) is 2.61. The Hall–Kier alpha value is -1.30. The Morgan fingerprint density at radius 2 is 2.11 bits per heavy atom. The SMILES string of the molecule is CSc1ccc(NCC2CC(F)(F)C(=O)O2)cc1. The molecule has 0 saturated carbocycles. The molecule has 1 heterocycles. The summed E-state index contributed by atoms with van der Waals surface area (Å²) in [7, 11) is 0. The highest BCUT2D eigenvalue weighted by Gasteiger charge is 2.50. The number of anilines is 1. The molecule has 0 aromatic heterocycles. The van der Waals surface area contributed by atoms with Crippen LogP contribution < -0.4 is 5.32 Å². The average molecular weight is 273 g/mol. The first kappa shape index (κ1) is 13.1. The van der Waals surface area contributed by atoms with Crippen molar-refractivity contribution in [1.82, 2.24) is 0 Å². The van der Waals surface area contributed by atoms with Crippen molar-refractivity contribution in [1.29, 1.82) is 0 Å². The number of hydrogen-bond acceptors (Lipinski definition) is 4. The van der Waals surface area contributed by atoms with Crippen LogP contribution >= 0.6 is 11.8 Å². The van der Waals surface area contributed by atoms with Crippen LogP contribution in [0.2, 0.25) is 0 Å². The van der Waals surface area contributed by atoms with Crippen LogP contribution in [0.25, 0.3) is 0 Å². The fraction of sp³-hybridized carbons (Fsp3) is 0.417. The van der Waals surface area contributed by atoms with Crippen LogP contribution in [-0.4, -0.2) is 30.8 Å². The van der Waals surface area contributed by atoms with Crippen molar-refractivity contribution in [3.63, 3.8) is 0 Å². The maximum absolute atomic E-state index is 12.9. The lowest BCUT2D eigenvalue weighted by Crippen LogP contribution is -2.22. The summed E-state index contributed by atoms with van der Waals surface area (Å²) in [5.41, 5.74) is 0.819. The molecule has 0 radical (unpaired) electrons. The number of benzene rings is 1. The Balaban J connectivity index is 1.87. The highest BCUT2D eigenvalue weighted by atomic mass is 32.2. The van der Waals surface area contributed by atoms with E-state index >= 15 is 0 Å². The Morgan fingerprint density at radius 1 is 1.44 bits per heavy atom. The first-order valence-corrected chi connectivity index (χ1v) is 6.70. The lowest BCUT2D eigenvalue weighted by atomic mass is 10.2. The number of carbonyl (C=O) groups is 1. The molecule has 0 aliphatic carbocycles. The minimum Gasteiger partial charge on any atom is -0.456 e. The van der Waals surface area contributed by atoms with Gasteiger partial charge in [-0.2, -0.15) is 8.78 Å². The largest absolute Gasteiger partial charge is 0.456 e. The van der Waals surface area contributed by atoms with Crippen LogP contribution in [0.15, 0.2) is 29.2 Å². The fourth-order valence-corrected chi connectivity index (χ4v) is 2.11. The topological polar surface area (TPSA) is 38.3 Å². The number of esters is 1. The van der Waals surface area contributed by atoms with Crippen LogP contribution in [0, 0.1) is 0 Å². The summed E-state index contributed by atoms with van der Waals surface area (Å²) < 4.78 is 30.4. The van der Waals surface area contributed by atoms with Gasteiger partial charge in [-0.25, -0.2) is 4.79 Å². The number of carbonyl (C=O) groups excluding carboxylic acids is 1. The van der Waals surface area contributed by atoms with E-state index in [1.807, 2.05) is 30.5 Å². The predicted molar refractivity (Wildman–Crippen MR) is 66.2 cm³/mol. The molecular formula is C12H13F2NO2S. The van der Waals surface area contributed by atoms with Crippen LogP contribution in [0.1, 0.15) is 6.42 Å². The minimum atomic E-state index is -3.34. The summed E-state index contributed by atoms with van der Waals surface area (Å²) >= 11 is 1.62. The van der Waals surface area contributed by atoms with Crippen molar-refractivity contribution < 1.29 is 18.3 Å². The van der Waals surface area contributed by atoms with Crippen LogP contribution in [0.5, 0.6) is 0 Å². The van der Waals surface area contributed by atoms with E-state index in [0.717, 1.165) is 10.6 Å². The second-order valence-corrected chi connectivity index (χ2v) is 4.92. The third-order valence-electron chi connectivity index (χ3n) is 2.68. The van der Waals surface area contributed by atoms with Gasteiger partial charge in [0.15, 0.2) is 0 Å². The van der Waals surface area contributed by atoms with Gasteiger partial charge >= 0.3 is 11.9 Å². The van der Waals surface area contributed by atoms with Crippen molar-refractivity contribution in [2.45, 2.75) is 23.3 Å². The smallest absolute Gasteiger partial charge is 0.377 e.